The molecular formula is C10H21N3O3S. The lowest BCUT2D eigenvalue weighted by atomic mass is 10.3. The highest BCUT2D eigenvalue weighted by atomic mass is 32.2. The fraction of sp³-hybridized carbons (Fsp3) is 0.900. The maximum atomic E-state index is 11.8. The normalized spacial score (nSPS) is 18.7. The van der Waals surface area contributed by atoms with Crippen molar-refractivity contribution in [1.29, 1.82) is 0 Å². The molecule has 7 heteroatoms. The van der Waals surface area contributed by atoms with Crippen LogP contribution < -0.4 is 5.32 Å². The van der Waals surface area contributed by atoms with Crippen molar-refractivity contribution >= 4 is 15.9 Å². The molecule has 0 unspecified atom stereocenters. The van der Waals surface area contributed by atoms with Gasteiger partial charge < -0.3 is 10.2 Å². The van der Waals surface area contributed by atoms with E-state index in [1.807, 2.05) is 13.8 Å². The number of rotatable bonds is 4. The molecule has 100 valence electrons. The second-order valence-electron chi connectivity index (χ2n) is 4.58. The van der Waals surface area contributed by atoms with Crippen LogP contribution in [0.1, 0.15) is 13.8 Å². The van der Waals surface area contributed by atoms with Gasteiger partial charge in [0.05, 0.1) is 12.8 Å². The maximum Gasteiger partial charge on any atom is 0.236 e. The second kappa shape index (κ2) is 5.79. The standard InChI is InChI=1S/C10H21N3O3S/c1-9(2)11-8-10(14)12-4-6-13(7-5-12)17(3,15)16/h9,11H,4-8H2,1-3H3. The molecule has 1 amide bonds. The summed E-state index contributed by atoms with van der Waals surface area (Å²) < 4.78 is 24.0. The molecule has 0 aromatic carbocycles. The van der Waals surface area contributed by atoms with E-state index in [-0.39, 0.29) is 11.9 Å². The molecule has 1 aliphatic heterocycles. The van der Waals surface area contributed by atoms with Gasteiger partial charge >= 0.3 is 0 Å². The van der Waals surface area contributed by atoms with Crippen molar-refractivity contribution in [2.75, 3.05) is 39.0 Å². The Morgan fingerprint density at radius 3 is 2.18 bits per heavy atom. The minimum atomic E-state index is -3.12. The number of hydrogen-bond acceptors (Lipinski definition) is 4. The lowest BCUT2D eigenvalue weighted by Gasteiger charge is -2.33. The Hall–Kier alpha value is -0.660. The van der Waals surface area contributed by atoms with E-state index in [4.69, 9.17) is 0 Å². The Morgan fingerprint density at radius 2 is 1.76 bits per heavy atom. The van der Waals surface area contributed by atoms with E-state index in [1.54, 1.807) is 4.90 Å². The van der Waals surface area contributed by atoms with E-state index in [9.17, 15) is 13.2 Å². The SMILES string of the molecule is CC(C)NCC(=O)N1CCN(S(C)(=O)=O)CC1. The molecule has 0 saturated carbocycles. The number of amides is 1. The van der Waals surface area contributed by atoms with Crippen LogP contribution in [0.3, 0.4) is 0 Å². The molecule has 0 aliphatic carbocycles. The van der Waals surface area contributed by atoms with Crippen molar-refractivity contribution in [1.82, 2.24) is 14.5 Å². The molecule has 0 spiro atoms. The predicted molar refractivity (Wildman–Crippen MR) is 66.1 cm³/mol. The average molecular weight is 263 g/mol. The molecule has 0 aromatic heterocycles. The zero-order valence-corrected chi connectivity index (χ0v) is 11.5. The minimum Gasteiger partial charge on any atom is -0.339 e. The summed E-state index contributed by atoms with van der Waals surface area (Å²) in [5.41, 5.74) is 0. The number of nitrogens with zero attached hydrogens (tertiary/aromatic N) is 2. The average Bonchev–Trinajstić information content (AvgIpc) is 2.25. The molecule has 0 radical (unpaired) electrons. The monoisotopic (exact) mass is 263 g/mol. The summed E-state index contributed by atoms with van der Waals surface area (Å²) in [6.07, 6.45) is 1.20. The van der Waals surface area contributed by atoms with Crippen LogP contribution in [0.25, 0.3) is 0 Å². The predicted octanol–water partition coefficient (Wildman–Crippen LogP) is -0.912. The lowest BCUT2D eigenvalue weighted by Crippen LogP contribution is -2.52. The number of piperazine rings is 1. The highest BCUT2D eigenvalue weighted by molar-refractivity contribution is 7.88. The van der Waals surface area contributed by atoms with Gasteiger partial charge in [-0.15, -0.1) is 0 Å². The van der Waals surface area contributed by atoms with Crippen LogP contribution in [-0.2, 0) is 14.8 Å². The van der Waals surface area contributed by atoms with Gasteiger partial charge in [0.2, 0.25) is 15.9 Å². The molecule has 1 fully saturated rings. The van der Waals surface area contributed by atoms with Gasteiger partial charge in [-0.3, -0.25) is 4.79 Å². The van der Waals surface area contributed by atoms with E-state index in [0.29, 0.717) is 32.7 Å². The first-order chi connectivity index (χ1) is 7.80. The Bertz CT molecular complexity index is 359. The maximum absolute atomic E-state index is 11.8. The number of sulfonamides is 1. The molecule has 0 atom stereocenters. The zero-order chi connectivity index (χ0) is 13.1. The van der Waals surface area contributed by atoms with Gasteiger partial charge in [0, 0.05) is 32.2 Å². The van der Waals surface area contributed by atoms with Gasteiger partial charge in [0.1, 0.15) is 0 Å². The van der Waals surface area contributed by atoms with Gasteiger partial charge in [-0.2, -0.15) is 4.31 Å². The molecular weight excluding hydrogens is 242 g/mol. The Kier molecular flexibility index (Phi) is 4.91. The largest absolute Gasteiger partial charge is 0.339 e. The molecule has 1 heterocycles. The van der Waals surface area contributed by atoms with E-state index < -0.39 is 10.0 Å². The summed E-state index contributed by atoms with van der Waals surface area (Å²) in [7, 11) is -3.12. The second-order valence-corrected chi connectivity index (χ2v) is 6.56. The van der Waals surface area contributed by atoms with Crippen LogP contribution in [0.2, 0.25) is 0 Å². The van der Waals surface area contributed by atoms with E-state index in [0.717, 1.165) is 0 Å². The molecule has 17 heavy (non-hydrogen) atoms. The molecule has 0 aromatic rings. The number of hydrogen-bond donors (Lipinski definition) is 1. The van der Waals surface area contributed by atoms with Crippen LogP contribution in [0.15, 0.2) is 0 Å². The van der Waals surface area contributed by atoms with Gasteiger partial charge in [0.25, 0.3) is 0 Å². The fourth-order valence-electron chi connectivity index (χ4n) is 1.67. The summed E-state index contributed by atoms with van der Waals surface area (Å²) in [4.78, 5) is 13.5. The molecule has 6 nitrogen and oxygen atoms in total. The van der Waals surface area contributed by atoms with Gasteiger partial charge in [-0.25, -0.2) is 8.42 Å². The third kappa shape index (κ3) is 4.61. The minimum absolute atomic E-state index is 0.0341. The number of carbonyl (C=O) groups is 1. The van der Waals surface area contributed by atoms with Crippen LogP contribution in [0.5, 0.6) is 0 Å². The van der Waals surface area contributed by atoms with Crippen molar-refractivity contribution in [3.63, 3.8) is 0 Å². The molecule has 1 rings (SSSR count). The molecule has 1 saturated heterocycles. The van der Waals surface area contributed by atoms with Crippen molar-refractivity contribution in [3.8, 4) is 0 Å². The number of nitrogens with one attached hydrogen (secondary N) is 1. The van der Waals surface area contributed by atoms with E-state index in [2.05, 4.69) is 5.32 Å². The lowest BCUT2D eigenvalue weighted by molar-refractivity contribution is -0.131. The zero-order valence-electron chi connectivity index (χ0n) is 10.6. The third-order valence-electron chi connectivity index (χ3n) is 2.72. The first-order valence-electron chi connectivity index (χ1n) is 5.77. The van der Waals surface area contributed by atoms with Crippen LogP contribution >= 0.6 is 0 Å². The first-order valence-corrected chi connectivity index (χ1v) is 7.62. The van der Waals surface area contributed by atoms with Crippen LogP contribution in [-0.4, -0.2) is 68.6 Å². The van der Waals surface area contributed by atoms with Crippen molar-refractivity contribution < 1.29 is 13.2 Å². The molecule has 1 aliphatic rings. The molecule has 0 bridgehead atoms. The number of carbonyl (C=O) groups excluding carboxylic acids is 1. The van der Waals surface area contributed by atoms with E-state index in [1.165, 1.54) is 10.6 Å². The Morgan fingerprint density at radius 1 is 1.24 bits per heavy atom. The summed E-state index contributed by atoms with van der Waals surface area (Å²) in [6, 6.07) is 0.274. The summed E-state index contributed by atoms with van der Waals surface area (Å²) >= 11 is 0. The Labute approximate surface area is 103 Å². The summed E-state index contributed by atoms with van der Waals surface area (Å²) in [5, 5.41) is 3.06. The molecule has 1 N–H and O–H groups in total. The van der Waals surface area contributed by atoms with Crippen LogP contribution in [0, 0.1) is 0 Å². The summed E-state index contributed by atoms with van der Waals surface area (Å²) in [6.45, 7) is 6.02. The highest BCUT2D eigenvalue weighted by Gasteiger charge is 2.25. The first kappa shape index (κ1) is 14.4. The van der Waals surface area contributed by atoms with Crippen molar-refractivity contribution in [2.24, 2.45) is 0 Å². The van der Waals surface area contributed by atoms with E-state index >= 15 is 0 Å². The Balaban J connectivity index is 2.39. The fourth-order valence-corrected chi connectivity index (χ4v) is 2.50. The quantitative estimate of drug-likeness (QED) is 0.713. The highest BCUT2D eigenvalue weighted by Crippen LogP contribution is 2.05. The van der Waals surface area contributed by atoms with Crippen molar-refractivity contribution in [3.05, 3.63) is 0 Å². The summed E-state index contributed by atoms with van der Waals surface area (Å²) in [5.74, 6) is 0.0341. The van der Waals surface area contributed by atoms with Gasteiger partial charge in [-0.05, 0) is 0 Å². The van der Waals surface area contributed by atoms with Gasteiger partial charge in [0.15, 0.2) is 0 Å². The third-order valence-corrected chi connectivity index (χ3v) is 4.03. The van der Waals surface area contributed by atoms with Crippen molar-refractivity contribution in [2.45, 2.75) is 19.9 Å². The van der Waals surface area contributed by atoms with Gasteiger partial charge in [-0.1, -0.05) is 13.8 Å². The smallest absolute Gasteiger partial charge is 0.236 e. The van der Waals surface area contributed by atoms with Crippen LogP contribution in [0.4, 0.5) is 0 Å². The topological polar surface area (TPSA) is 69.7 Å².